The van der Waals surface area contributed by atoms with Crippen molar-refractivity contribution in [2.45, 2.75) is 197 Å². The largest absolute Gasteiger partial charge is 0.790 e. The summed E-state index contributed by atoms with van der Waals surface area (Å²) in [7, 11) is -5.43. The summed E-state index contributed by atoms with van der Waals surface area (Å²) in [4.78, 5) is 46.3. The number of carbonyl (C=O) groups is 1. The third-order valence-corrected chi connectivity index (χ3v) is 14.2. The second-order valence-electron chi connectivity index (χ2n) is 19.2. The van der Waals surface area contributed by atoms with Crippen LogP contribution in [0.1, 0.15) is 12.8 Å². The maximum absolute atomic E-state index is 11.9. The summed E-state index contributed by atoms with van der Waals surface area (Å²) in [5.41, 5.74) is 0. The highest BCUT2D eigenvalue weighted by molar-refractivity contribution is 7.43. The summed E-state index contributed by atoms with van der Waals surface area (Å²) in [6.07, 6.45) is -59.9. The Morgan fingerprint density at radius 3 is 1.30 bits per heavy atom. The van der Waals surface area contributed by atoms with E-state index < -0.39 is 246 Å². The van der Waals surface area contributed by atoms with Gasteiger partial charge >= 0.3 is 0 Å². The Bertz CT molecular complexity index is 1960. The quantitative estimate of drug-likeness (QED) is 0.0185. The fourth-order valence-corrected chi connectivity index (χ4v) is 9.47. The molecule has 0 aromatic carbocycles. The highest BCUT2D eigenvalue weighted by atomic mass is 31.2. The van der Waals surface area contributed by atoms with Crippen molar-refractivity contribution in [2.75, 3.05) is 53.3 Å². The smallest absolute Gasteiger partial charge is 0.219 e. The van der Waals surface area contributed by atoms with E-state index in [-0.39, 0.29) is 19.4 Å². The first-order valence-electron chi connectivity index (χ1n) is 24.9. The first-order chi connectivity index (χ1) is 38.7. The number of phosphoric acid groups is 1. The van der Waals surface area contributed by atoms with Crippen molar-refractivity contribution >= 4 is 22.4 Å². The number of phosphoric ester groups is 1. The van der Waals surface area contributed by atoms with Crippen molar-refractivity contribution in [2.24, 2.45) is 0 Å². The van der Waals surface area contributed by atoms with Gasteiger partial charge in [0.2, 0.25) is 5.91 Å². The zero-order valence-electron chi connectivity index (χ0n) is 42.8. The molecule has 1 amide bonds. The zero-order valence-corrected chi connectivity index (χ0v) is 44.5. The number of amides is 1. The standard InChI is InChI=1S/C41H72NO36P.HO2P/c1-42-17(45)3-2-4-65-37-32(60)33(76-41-35(28(56)19(47)12(6-44)71-41)78-39-31(59)26(54)22(50)16(75-39)10-69-79(62,63)64)23(51)14(73-37)8-66-36-29(57)24(52)20(48)13(72-36)7-67-40-34(27(55)18(46)11(5-43)70-40)77-38-30(58)25(53)21(49)15(74-38)9-68-61;1-3-2/h11-16,18-41,43-44,46-61H,2-10H2,1H3,(H,42,45)(H2,62,63,64);(H,1,2)/p-4/t11?,12?,13?,14?,15?,16?,18-,19-,20-,21-,22-,23-,24+,25+,26+,27+,28+,29?,30?,31?,32?,33+,34?,35?,36+,37-,38+,39-,40+,41-;/m1./s1. The molecule has 6 rings (SSSR count). The number of hydrogen-bond donors (Lipinski definition) is 18. The van der Waals surface area contributed by atoms with Crippen LogP contribution in [-0.4, -0.2) is 330 Å². The highest BCUT2D eigenvalue weighted by Crippen LogP contribution is 2.36. The minimum absolute atomic E-state index is 0.00957. The molecule has 0 spiro atoms. The van der Waals surface area contributed by atoms with Crippen LogP contribution in [-0.2, 0) is 80.2 Å². The van der Waals surface area contributed by atoms with Crippen molar-refractivity contribution in [1.29, 1.82) is 0 Å². The van der Waals surface area contributed by atoms with E-state index in [1.54, 1.807) is 0 Å². The van der Waals surface area contributed by atoms with Gasteiger partial charge in [0, 0.05) is 13.5 Å². The molecule has 6 fully saturated rings. The van der Waals surface area contributed by atoms with Crippen LogP contribution in [0.15, 0.2) is 0 Å². The van der Waals surface area contributed by atoms with E-state index in [4.69, 9.17) is 66.3 Å². The van der Waals surface area contributed by atoms with E-state index in [2.05, 4.69) is 14.7 Å². The number of nitrogens with one attached hydrogen (secondary N) is 1. The van der Waals surface area contributed by atoms with Gasteiger partial charge in [-0.05, 0) is 6.42 Å². The van der Waals surface area contributed by atoms with Gasteiger partial charge in [-0.15, -0.1) is 0 Å². The van der Waals surface area contributed by atoms with E-state index in [0.29, 0.717) is 0 Å². The molecule has 0 bridgehead atoms. The van der Waals surface area contributed by atoms with Gasteiger partial charge in [-0.1, -0.05) is 0 Å². The second kappa shape index (κ2) is 32.6. The molecular formula is C41H69NO38P2-4. The molecule has 18 N–H and O–H groups in total. The Balaban J connectivity index is 0.00000402. The molecule has 12 unspecified atom stereocenters. The predicted octanol–water partition coefficient (Wildman–Crippen LogP) is -15.8. The van der Waals surface area contributed by atoms with Crippen molar-refractivity contribution in [3.8, 4) is 0 Å². The Hall–Kier alpha value is -1.60. The summed E-state index contributed by atoms with van der Waals surface area (Å²) >= 11 is 0. The van der Waals surface area contributed by atoms with Gasteiger partial charge in [-0.2, -0.15) is 0 Å². The van der Waals surface area contributed by atoms with Gasteiger partial charge in [0.05, 0.1) is 62.8 Å². The fourth-order valence-electron chi connectivity index (χ4n) is 9.14. The fraction of sp³-hybridized carbons (Fsp3) is 0.976. The van der Waals surface area contributed by atoms with E-state index in [1.807, 2.05) is 0 Å². The van der Waals surface area contributed by atoms with Crippen molar-refractivity contribution in [3.05, 3.63) is 0 Å². The second-order valence-corrected chi connectivity index (χ2v) is 20.5. The van der Waals surface area contributed by atoms with Crippen LogP contribution in [0.5, 0.6) is 0 Å². The van der Waals surface area contributed by atoms with Crippen LogP contribution in [0, 0.1) is 0 Å². The SMILES string of the molecule is CNC(=O)CCCO[C@@H]1OC(CO[C@H]2OC(CO[C@H]3OC(CO)[C@@H](O)[C@H](O)C3O[C@@H]3OC(CO[O-])[C@@H](O)[C@H](O)C3O)[C@@H](O)[C@H](O)C2O)[C@@H](O)[C@H](O[C@H]2OC(CO)[C@@H](O)[C@H](O)C2O[C@H]2OC(COP(=O)([O-])[O-])[C@@H](O)[C@H](O)C2O)C1O.O=P[O-]. The lowest BCUT2D eigenvalue weighted by molar-refractivity contribution is -0.692. The lowest BCUT2D eigenvalue weighted by Crippen LogP contribution is -2.67. The van der Waals surface area contributed by atoms with Crippen LogP contribution in [0.25, 0.3) is 0 Å². The molecule has 0 aliphatic carbocycles. The van der Waals surface area contributed by atoms with Gasteiger partial charge in [0.15, 0.2) is 37.7 Å². The third kappa shape index (κ3) is 17.8. The van der Waals surface area contributed by atoms with E-state index in [0.717, 1.165) is 0 Å². The molecule has 0 saturated carbocycles. The first kappa shape index (κ1) is 71.2. The van der Waals surface area contributed by atoms with Crippen molar-refractivity contribution in [3.63, 3.8) is 0 Å². The van der Waals surface area contributed by atoms with Crippen LogP contribution in [0.2, 0.25) is 0 Å². The van der Waals surface area contributed by atoms with Gasteiger partial charge < -0.3 is 183 Å². The predicted molar refractivity (Wildman–Crippen MR) is 239 cm³/mol. The summed E-state index contributed by atoms with van der Waals surface area (Å²) in [6.45, 7) is -6.19. The summed E-state index contributed by atoms with van der Waals surface area (Å²) in [5, 5.41) is 196. The van der Waals surface area contributed by atoms with E-state index in [9.17, 15) is 111 Å². The Kier molecular flexibility index (Phi) is 28.3. The van der Waals surface area contributed by atoms with E-state index >= 15 is 0 Å². The average molecular weight is 1250 g/mol. The van der Waals surface area contributed by atoms with Crippen molar-refractivity contribution in [1.82, 2.24) is 5.32 Å². The number of hydrogen-bond acceptors (Lipinski definition) is 38. The monoisotopic (exact) mass is 1250 g/mol. The van der Waals surface area contributed by atoms with Crippen LogP contribution in [0.3, 0.4) is 0 Å². The summed E-state index contributed by atoms with van der Waals surface area (Å²) in [5.74, 6) is -0.412. The van der Waals surface area contributed by atoms with E-state index in [1.165, 1.54) is 7.05 Å². The number of ether oxygens (including phenoxy) is 12. The molecule has 41 heteroatoms. The molecular weight excluding hydrogens is 1180 g/mol. The maximum atomic E-state index is 11.9. The molecule has 39 nitrogen and oxygen atoms in total. The first-order valence-corrected chi connectivity index (χ1v) is 27.1. The maximum Gasteiger partial charge on any atom is 0.219 e. The molecule has 6 heterocycles. The molecule has 6 aliphatic heterocycles. The van der Waals surface area contributed by atoms with Crippen LogP contribution < -0.4 is 25.3 Å². The normalized spacial score (nSPS) is 45.7. The molecule has 6 aliphatic rings. The molecule has 0 aromatic rings. The van der Waals surface area contributed by atoms with Crippen LogP contribution >= 0.6 is 16.5 Å². The third-order valence-electron chi connectivity index (χ3n) is 13.8. The van der Waals surface area contributed by atoms with Gasteiger partial charge in [0.25, 0.3) is 0 Å². The van der Waals surface area contributed by atoms with Gasteiger partial charge in [0.1, 0.15) is 146 Å². The summed E-state index contributed by atoms with van der Waals surface area (Å²) < 4.78 is 91.4. The van der Waals surface area contributed by atoms with Gasteiger partial charge in [-0.3, -0.25) is 9.36 Å². The Morgan fingerprint density at radius 1 is 0.476 bits per heavy atom. The number of carbonyl (C=O) groups excluding carboxylic acids is 1. The highest BCUT2D eigenvalue weighted by Gasteiger charge is 2.56. The lowest BCUT2D eigenvalue weighted by atomic mass is 9.96. The number of aliphatic hydroxyl groups excluding tert-OH is 17. The zero-order chi connectivity index (χ0) is 61.1. The topological polar surface area (TPSA) is 629 Å². The molecule has 6 saturated heterocycles. The number of rotatable bonds is 24. The Labute approximate surface area is 464 Å². The Morgan fingerprint density at radius 2 is 0.841 bits per heavy atom. The average Bonchev–Trinajstić information content (AvgIpc) is 3.50. The molecule has 30 atom stereocenters. The minimum atomic E-state index is -5.71. The van der Waals surface area contributed by atoms with Crippen molar-refractivity contribution < 1.29 is 187 Å². The molecule has 0 aromatic heterocycles. The molecule has 0 radical (unpaired) electrons. The molecule has 82 heavy (non-hydrogen) atoms. The van der Waals surface area contributed by atoms with Gasteiger partial charge in [-0.25, -0.2) is 0 Å². The summed E-state index contributed by atoms with van der Waals surface area (Å²) in [6, 6.07) is 0. The molecule has 480 valence electrons. The van der Waals surface area contributed by atoms with Crippen LogP contribution in [0.4, 0.5) is 0 Å². The number of aliphatic hydroxyl groups is 17. The lowest BCUT2D eigenvalue weighted by Gasteiger charge is -2.49. The minimum Gasteiger partial charge on any atom is -0.790 e.